The Morgan fingerprint density at radius 3 is 2.53 bits per heavy atom. The summed E-state index contributed by atoms with van der Waals surface area (Å²) in [5.41, 5.74) is 0.307. The number of halogens is 2. The van der Waals surface area contributed by atoms with Gasteiger partial charge in [-0.15, -0.1) is 0 Å². The lowest BCUT2D eigenvalue weighted by molar-refractivity contribution is -0.144. The highest BCUT2D eigenvalue weighted by molar-refractivity contribution is 5.85. The summed E-state index contributed by atoms with van der Waals surface area (Å²) in [6.45, 7) is 1.04. The van der Waals surface area contributed by atoms with E-state index in [9.17, 15) is 13.6 Å². The molecule has 0 bridgehead atoms. The molecule has 1 heterocycles. The molecule has 1 aromatic carbocycles. The predicted octanol–water partition coefficient (Wildman–Crippen LogP) is 1.49. The molecule has 1 atom stereocenters. The van der Waals surface area contributed by atoms with Gasteiger partial charge in [-0.2, -0.15) is 0 Å². The van der Waals surface area contributed by atoms with E-state index in [1.807, 2.05) is 0 Å². The van der Waals surface area contributed by atoms with Crippen molar-refractivity contribution >= 4 is 5.78 Å². The first kappa shape index (κ1) is 12.1. The molecule has 5 heteroatoms. The Morgan fingerprint density at radius 1 is 1.24 bits per heavy atom. The van der Waals surface area contributed by atoms with E-state index in [0.29, 0.717) is 18.8 Å². The number of ketones is 1. The average Bonchev–Trinajstić information content (AvgIpc) is 2.28. The third-order valence-electron chi connectivity index (χ3n) is 2.48. The van der Waals surface area contributed by atoms with Crippen molar-refractivity contribution in [3.63, 3.8) is 0 Å². The normalized spacial score (nSPS) is 20.2. The number of hydrogen-bond donors (Lipinski definition) is 0. The molecule has 0 spiro atoms. The number of ether oxygens (including phenoxy) is 2. The molecule has 1 saturated heterocycles. The molecule has 0 radical (unpaired) electrons. The van der Waals surface area contributed by atoms with Gasteiger partial charge in [-0.1, -0.05) is 0 Å². The van der Waals surface area contributed by atoms with Crippen LogP contribution in [-0.2, 0) is 20.7 Å². The number of rotatable bonds is 3. The van der Waals surface area contributed by atoms with Gasteiger partial charge in [-0.25, -0.2) is 8.78 Å². The highest BCUT2D eigenvalue weighted by Gasteiger charge is 2.22. The van der Waals surface area contributed by atoms with Gasteiger partial charge in [-0.3, -0.25) is 4.79 Å². The highest BCUT2D eigenvalue weighted by atomic mass is 19.1. The van der Waals surface area contributed by atoms with Crippen LogP contribution in [0.25, 0.3) is 0 Å². The van der Waals surface area contributed by atoms with Crippen molar-refractivity contribution in [3.05, 3.63) is 35.4 Å². The second-order valence-corrected chi connectivity index (χ2v) is 3.86. The van der Waals surface area contributed by atoms with E-state index in [4.69, 9.17) is 9.47 Å². The van der Waals surface area contributed by atoms with Crippen LogP contribution in [0.4, 0.5) is 8.78 Å². The second-order valence-electron chi connectivity index (χ2n) is 3.86. The van der Waals surface area contributed by atoms with Gasteiger partial charge in [0.15, 0.2) is 5.78 Å². The van der Waals surface area contributed by atoms with Crippen LogP contribution in [0.5, 0.6) is 0 Å². The number of Topliss-reactive ketones (excluding diaryl/α,β-unsaturated/α-hetero) is 1. The van der Waals surface area contributed by atoms with E-state index in [-0.39, 0.29) is 18.8 Å². The molecule has 1 fully saturated rings. The zero-order valence-electron chi connectivity index (χ0n) is 9.12. The van der Waals surface area contributed by atoms with Crippen molar-refractivity contribution in [3.8, 4) is 0 Å². The molecular weight excluding hydrogens is 230 g/mol. The number of benzene rings is 1. The summed E-state index contributed by atoms with van der Waals surface area (Å²) < 4.78 is 36.1. The maximum atomic E-state index is 12.9. The zero-order chi connectivity index (χ0) is 12.3. The smallest absolute Gasteiger partial charge is 0.168 e. The average molecular weight is 242 g/mol. The van der Waals surface area contributed by atoms with Gasteiger partial charge in [0.1, 0.15) is 17.7 Å². The zero-order valence-corrected chi connectivity index (χ0v) is 9.12. The molecule has 0 saturated carbocycles. The predicted molar refractivity (Wildman–Crippen MR) is 55.6 cm³/mol. The fourth-order valence-electron chi connectivity index (χ4n) is 1.70. The summed E-state index contributed by atoms with van der Waals surface area (Å²) in [5.74, 6) is -1.60. The summed E-state index contributed by atoms with van der Waals surface area (Å²) in [6, 6.07) is 3.06. The minimum Gasteiger partial charge on any atom is -0.376 e. The van der Waals surface area contributed by atoms with Crippen LogP contribution < -0.4 is 0 Å². The van der Waals surface area contributed by atoms with E-state index in [1.165, 1.54) is 0 Å². The molecule has 0 N–H and O–H groups in total. The first-order chi connectivity index (χ1) is 8.15. The van der Waals surface area contributed by atoms with Gasteiger partial charge in [0, 0.05) is 12.5 Å². The first-order valence-electron chi connectivity index (χ1n) is 5.32. The number of carbonyl (C=O) groups is 1. The van der Waals surface area contributed by atoms with Crippen molar-refractivity contribution in [2.24, 2.45) is 0 Å². The maximum absolute atomic E-state index is 12.9. The molecule has 0 aromatic heterocycles. The van der Waals surface area contributed by atoms with Crippen LogP contribution in [0.3, 0.4) is 0 Å². The fraction of sp³-hybridized carbons (Fsp3) is 0.417. The van der Waals surface area contributed by atoms with E-state index in [0.717, 1.165) is 18.2 Å². The van der Waals surface area contributed by atoms with Crippen molar-refractivity contribution in [2.75, 3.05) is 19.8 Å². The van der Waals surface area contributed by atoms with Crippen LogP contribution in [0.2, 0.25) is 0 Å². The maximum Gasteiger partial charge on any atom is 0.168 e. The number of hydrogen-bond acceptors (Lipinski definition) is 3. The van der Waals surface area contributed by atoms with Gasteiger partial charge in [0.25, 0.3) is 0 Å². The Hall–Kier alpha value is -1.33. The van der Waals surface area contributed by atoms with Crippen LogP contribution in [0, 0.1) is 11.6 Å². The van der Waals surface area contributed by atoms with Crippen molar-refractivity contribution in [1.82, 2.24) is 0 Å². The standard InChI is InChI=1S/C12H12F2O3/c13-9-3-8(4-10(14)6-9)5-11(15)12-7-16-1-2-17-12/h3-4,6,12H,1-2,5,7H2. The molecule has 0 amide bonds. The van der Waals surface area contributed by atoms with Crippen molar-refractivity contribution in [2.45, 2.75) is 12.5 Å². The Balaban J connectivity index is 2.01. The van der Waals surface area contributed by atoms with E-state index >= 15 is 0 Å². The van der Waals surface area contributed by atoms with Crippen LogP contribution >= 0.6 is 0 Å². The second kappa shape index (κ2) is 5.33. The largest absolute Gasteiger partial charge is 0.376 e. The first-order valence-corrected chi connectivity index (χ1v) is 5.32. The molecule has 17 heavy (non-hydrogen) atoms. The van der Waals surface area contributed by atoms with Gasteiger partial charge in [0.2, 0.25) is 0 Å². The topological polar surface area (TPSA) is 35.5 Å². The van der Waals surface area contributed by atoms with E-state index in [2.05, 4.69) is 0 Å². The lowest BCUT2D eigenvalue weighted by atomic mass is 10.1. The molecule has 1 aliphatic heterocycles. The van der Waals surface area contributed by atoms with Crippen LogP contribution in [0.15, 0.2) is 18.2 Å². The molecule has 1 unspecified atom stereocenters. The molecule has 1 aromatic rings. The molecular formula is C12H12F2O3. The highest BCUT2D eigenvalue weighted by Crippen LogP contribution is 2.11. The quantitative estimate of drug-likeness (QED) is 0.805. The summed E-state index contributed by atoms with van der Waals surface area (Å²) in [6.07, 6.45) is -0.682. The molecule has 1 aliphatic rings. The number of carbonyl (C=O) groups excluding carboxylic acids is 1. The fourth-order valence-corrected chi connectivity index (χ4v) is 1.70. The third kappa shape index (κ3) is 3.31. The summed E-state index contributed by atoms with van der Waals surface area (Å²) in [5, 5.41) is 0. The van der Waals surface area contributed by atoms with E-state index in [1.54, 1.807) is 0 Å². The Kier molecular flexibility index (Phi) is 3.81. The minimum absolute atomic E-state index is 0.0529. The van der Waals surface area contributed by atoms with Gasteiger partial charge < -0.3 is 9.47 Å². The minimum atomic E-state index is -0.686. The summed E-state index contributed by atoms with van der Waals surface area (Å²) in [4.78, 5) is 11.7. The summed E-state index contributed by atoms with van der Waals surface area (Å²) in [7, 11) is 0. The lowest BCUT2D eigenvalue weighted by Gasteiger charge is -2.21. The monoisotopic (exact) mass is 242 g/mol. The third-order valence-corrected chi connectivity index (χ3v) is 2.48. The van der Waals surface area contributed by atoms with Crippen LogP contribution in [-0.4, -0.2) is 31.7 Å². The van der Waals surface area contributed by atoms with Crippen molar-refractivity contribution in [1.29, 1.82) is 0 Å². The van der Waals surface area contributed by atoms with E-state index < -0.39 is 17.7 Å². The molecule has 3 nitrogen and oxygen atoms in total. The van der Waals surface area contributed by atoms with Gasteiger partial charge in [0.05, 0.1) is 19.8 Å². The lowest BCUT2D eigenvalue weighted by Crippen LogP contribution is -2.36. The van der Waals surface area contributed by atoms with Gasteiger partial charge >= 0.3 is 0 Å². The SMILES string of the molecule is O=C(Cc1cc(F)cc(F)c1)C1COCCO1. The molecule has 0 aliphatic carbocycles. The Bertz CT molecular complexity index is 394. The van der Waals surface area contributed by atoms with Crippen LogP contribution in [0.1, 0.15) is 5.56 Å². The Labute approximate surface area is 97.3 Å². The summed E-state index contributed by atoms with van der Waals surface area (Å²) >= 11 is 0. The molecule has 92 valence electrons. The molecule has 2 rings (SSSR count). The van der Waals surface area contributed by atoms with Crippen molar-refractivity contribution < 1.29 is 23.0 Å². The van der Waals surface area contributed by atoms with Gasteiger partial charge in [-0.05, 0) is 17.7 Å². The Morgan fingerprint density at radius 2 is 1.94 bits per heavy atom.